The van der Waals surface area contributed by atoms with Crippen LogP contribution in [0.3, 0.4) is 0 Å². The molecule has 1 aliphatic heterocycles. The lowest BCUT2D eigenvalue weighted by Gasteiger charge is -2.40. The fraction of sp³-hybridized carbons (Fsp3) is 0.650. The summed E-state index contributed by atoms with van der Waals surface area (Å²) in [4.78, 5) is 6.65. The highest BCUT2D eigenvalue weighted by molar-refractivity contribution is 5.77. The van der Waals surface area contributed by atoms with E-state index in [4.69, 9.17) is 5.73 Å². The topological polar surface area (TPSA) is 53.6 Å². The lowest BCUT2D eigenvalue weighted by molar-refractivity contribution is -0.137. The van der Waals surface area contributed by atoms with Crippen LogP contribution in [0.15, 0.2) is 29.3 Å². The fourth-order valence-electron chi connectivity index (χ4n) is 4.06. The van der Waals surface area contributed by atoms with Gasteiger partial charge in [0.05, 0.1) is 5.56 Å². The Labute approximate surface area is 159 Å². The molecule has 3 N–H and O–H groups in total. The summed E-state index contributed by atoms with van der Waals surface area (Å²) in [6.45, 7) is 2.40. The molecule has 1 aromatic rings. The molecule has 0 aromatic heterocycles. The number of benzene rings is 1. The Morgan fingerprint density at radius 1 is 1.19 bits per heavy atom. The van der Waals surface area contributed by atoms with Gasteiger partial charge < -0.3 is 11.1 Å². The molecule has 0 radical (unpaired) electrons. The minimum absolute atomic E-state index is 0.0768. The molecule has 0 bridgehead atoms. The zero-order valence-corrected chi connectivity index (χ0v) is 15.8. The number of hydrogen-bond donors (Lipinski definition) is 2. The number of rotatable bonds is 5. The standard InChI is InChI=1S/C20H29F3N4/c1-27-11-3-6-16(13-26-19(24)25-12-14-4-2-5-14)18(27)15-7-9-17(10-8-15)20(21,22)23/h7-10,14,16,18H,2-6,11-13H2,1H3,(H3,24,25,26). The quantitative estimate of drug-likeness (QED) is 0.602. The minimum Gasteiger partial charge on any atom is -0.370 e. The van der Waals surface area contributed by atoms with Crippen LogP contribution in [-0.4, -0.2) is 37.5 Å². The van der Waals surface area contributed by atoms with Crippen molar-refractivity contribution in [3.8, 4) is 0 Å². The zero-order chi connectivity index (χ0) is 19.4. The molecular formula is C20H29F3N4. The molecule has 0 amide bonds. The first-order valence-electron chi connectivity index (χ1n) is 9.76. The third kappa shape index (κ3) is 5.15. The van der Waals surface area contributed by atoms with E-state index >= 15 is 0 Å². The van der Waals surface area contributed by atoms with Gasteiger partial charge in [-0.15, -0.1) is 0 Å². The molecule has 1 saturated carbocycles. The number of nitrogens with zero attached hydrogens (tertiary/aromatic N) is 2. The van der Waals surface area contributed by atoms with E-state index in [1.165, 1.54) is 31.4 Å². The van der Waals surface area contributed by atoms with Crippen LogP contribution in [0.5, 0.6) is 0 Å². The predicted octanol–water partition coefficient (Wildman–Crippen LogP) is 3.79. The van der Waals surface area contributed by atoms with Crippen LogP contribution < -0.4 is 11.1 Å². The summed E-state index contributed by atoms with van der Waals surface area (Å²) in [6, 6.07) is 5.65. The SMILES string of the molecule is CN1CCCC(CNC(N)=NCC2CCC2)C1c1ccc(C(F)(F)F)cc1. The molecule has 1 aliphatic carbocycles. The molecular weight excluding hydrogens is 353 g/mol. The van der Waals surface area contributed by atoms with Crippen molar-refractivity contribution in [3.63, 3.8) is 0 Å². The second-order valence-electron chi connectivity index (χ2n) is 7.85. The minimum atomic E-state index is -4.30. The van der Waals surface area contributed by atoms with Gasteiger partial charge in [-0.3, -0.25) is 9.89 Å². The van der Waals surface area contributed by atoms with Gasteiger partial charge in [-0.05, 0) is 68.8 Å². The highest BCUT2D eigenvalue weighted by Gasteiger charge is 2.33. The third-order valence-corrected chi connectivity index (χ3v) is 5.88. The second kappa shape index (κ2) is 8.50. The normalized spacial score (nSPS) is 25.3. The van der Waals surface area contributed by atoms with E-state index < -0.39 is 11.7 Å². The predicted molar refractivity (Wildman–Crippen MR) is 101 cm³/mol. The summed E-state index contributed by atoms with van der Waals surface area (Å²) in [5, 5.41) is 3.23. The Morgan fingerprint density at radius 2 is 1.89 bits per heavy atom. The largest absolute Gasteiger partial charge is 0.416 e. The van der Waals surface area contributed by atoms with Crippen LogP contribution in [-0.2, 0) is 6.18 Å². The van der Waals surface area contributed by atoms with Crippen LogP contribution in [0.4, 0.5) is 13.2 Å². The van der Waals surface area contributed by atoms with Crippen LogP contribution in [0.1, 0.15) is 49.3 Å². The Balaban J connectivity index is 1.64. The Hall–Kier alpha value is -1.76. The van der Waals surface area contributed by atoms with E-state index in [9.17, 15) is 13.2 Å². The summed E-state index contributed by atoms with van der Waals surface area (Å²) in [5.74, 6) is 1.42. The molecule has 2 aliphatic rings. The van der Waals surface area contributed by atoms with Crippen LogP contribution in [0, 0.1) is 11.8 Å². The molecule has 1 aromatic carbocycles. The van der Waals surface area contributed by atoms with Crippen LogP contribution in [0.25, 0.3) is 0 Å². The molecule has 2 fully saturated rings. The molecule has 150 valence electrons. The summed E-state index contributed by atoms with van der Waals surface area (Å²) in [7, 11) is 2.03. The smallest absolute Gasteiger partial charge is 0.370 e. The van der Waals surface area contributed by atoms with E-state index in [1.54, 1.807) is 12.1 Å². The number of alkyl halides is 3. The van der Waals surface area contributed by atoms with E-state index in [2.05, 4.69) is 15.2 Å². The van der Waals surface area contributed by atoms with Crippen molar-refractivity contribution in [2.45, 2.75) is 44.3 Å². The van der Waals surface area contributed by atoms with Crippen molar-refractivity contribution >= 4 is 5.96 Å². The van der Waals surface area contributed by atoms with Gasteiger partial charge in [0.1, 0.15) is 0 Å². The summed E-state index contributed by atoms with van der Waals surface area (Å²) in [6.07, 6.45) is 1.54. The first-order chi connectivity index (χ1) is 12.8. The molecule has 2 atom stereocenters. The first kappa shape index (κ1) is 20.0. The fourth-order valence-corrected chi connectivity index (χ4v) is 4.06. The van der Waals surface area contributed by atoms with Gasteiger partial charge in [0, 0.05) is 19.1 Å². The van der Waals surface area contributed by atoms with E-state index in [1.807, 2.05) is 7.05 Å². The lowest BCUT2D eigenvalue weighted by atomic mass is 9.84. The summed E-state index contributed by atoms with van der Waals surface area (Å²) < 4.78 is 38.5. The third-order valence-electron chi connectivity index (χ3n) is 5.88. The molecule has 4 nitrogen and oxygen atoms in total. The second-order valence-corrected chi connectivity index (χ2v) is 7.85. The van der Waals surface area contributed by atoms with Gasteiger partial charge in [-0.1, -0.05) is 18.6 Å². The number of halogens is 3. The highest BCUT2D eigenvalue weighted by Crippen LogP contribution is 2.36. The number of nitrogens with two attached hydrogens (primary N) is 1. The Kier molecular flexibility index (Phi) is 6.29. The molecule has 3 rings (SSSR count). The number of aliphatic imine (C=N–C) groups is 1. The van der Waals surface area contributed by atoms with Crippen molar-refractivity contribution in [1.29, 1.82) is 0 Å². The van der Waals surface area contributed by atoms with Crippen LogP contribution >= 0.6 is 0 Å². The average Bonchev–Trinajstić information content (AvgIpc) is 2.58. The number of piperidine rings is 1. The van der Waals surface area contributed by atoms with Gasteiger partial charge in [-0.2, -0.15) is 13.2 Å². The van der Waals surface area contributed by atoms with Gasteiger partial charge in [0.25, 0.3) is 0 Å². The lowest BCUT2D eigenvalue weighted by Crippen LogP contribution is -2.43. The summed E-state index contributed by atoms with van der Waals surface area (Å²) in [5.41, 5.74) is 6.32. The number of nitrogens with one attached hydrogen (secondary N) is 1. The monoisotopic (exact) mass is 382 g/mol. The molecule has 0 spiro atoms. The van der Waals surface area contributed by atoms with Gasteiger partial charge >= 0.3 is 6.18 Å². The van der Waals surface area contributed by atoms with Crippen molar-refractivity contribution in [1.82, 2.24) is 10.2 Å². The zero-order valence-electron chi connectivity index (χ0n) is 15.8. The molecule has 27 heavy (non-hydrogen) atoms. The summed E-state index contributed by atoms with van der Waals surface area (Å²) >= 11 is 0. The average molecular weight is 382 g/mol. The van der Waals surface area contributed by atoms with Crippen molar-refractivity contribution in [3.05, 3.63) is 35.4 Å². The van der Waals surface area contributed by atoms with Crippen LogP contribution in [0.2, 0.25) is 0 Å². The number of hydrogen-bond acceptors (Lipinski definition) is 2. The van der Waals surface area contributed by atoms with Gasteiger partial charge in [0.15, 0.2) is 5.96 Å². The Morgan fingerprint density at radius 3 is 2.48 bits per heavy atom. The van der Waals surface area contributed by atoms with E-state index in [0.717, 1.165) is 31.5 Å². The van der Waals surface area contributed by atoms with Crippen molar-refractivity contribution < 1.29 is 13.2 Å². The molecule has 2 unspecified atom stereocenters. The molecule has 7 heteroatoms. The number of likely N-dealkylation sites (tertiary alicyclic amines) is 1. The Bertz CT molecular complexity index is 638. The molecule has 1 saturated heterocycles. The maximum absolute atomic E-state index is 12.8. The maximum atomic E-state index is 12.8. The van der Waals surface area contributed by atoms with E-state index in [-0.39, 0.29) is 12.0 Å². The molecule has 1 heterocycles. The number of guanidine groups is 1. The maximum Gasteiger partial charge on any atom is 0.416 e. The van der Waals surface area contributed by atoms with Gasteiger partial charge in [-0.25, -0.2) is 0 Å². The van der Waals surface area contributed by atoms with Crippen molar-refractivity contribution in [2.24, 2.45) is 22.6 Å². The highest BCUT2D eigenvalue weighted by atomic mass is 19.4. The van der Waals surface area contributed by atoms with Gasteiger partial charge in [0.2, 0.25) is 0 Å². The first-order valence-corrected chi connectivity index (χ1v) is 9.76. The van der Waals surface area contributed by atoms with E-state index in [0.29, 0.717) is 18.4 Å². The van der Waals surface area contributed by atoms with Crippen molar-refractivity contribution in [2.75, 3.05) is 26.7 Å².